The minimum Gasteiger partial charge on any atom is -0.389 e. The van der Waals surface area contributed by atoms with Gasteiger partial charge in [0.1, 0.15) is 12.7 Å². The van der Waals surface area contributed by atoms with Crippen LogP contribution in [0.1, 0.15) is 32.6 Å². The number of rotatable bonds is 7. The first-order valence-electron chi connectivity index (χ1n) is 4.55. The van der Waals surface area contributed by atoms with Crippen LogP contribution in [0.25, 0.3) is 0 Å². The Kier molecular flexibility index (Phi) is 6.44. The lowest BCUT2D eigenvalue weighted by molar-refractivity contribution is -0.537. The first-order chi connectivity index (χ1) is 6.13. The predicted octanol–water partition coefficient (Wildman–Crippen LogP) is 0.565. The quantitative estimate of drug-likeness (QED) is 0.350. The monoisotopic (exact) mass is 191 g/mol. The van der Waals surface area contributed by atoms with Crippen molar-refractivity contribution in [2.75, 3.05) is 6.61 Å². The van der Waals surface area contributed by atoms with Crippen molar-refractivity contribution in [3.05, 3.63) is 10.1 Å². The van der Waals surface area contributed by atoms with Gasteiger partial charge in [0.2, 0.25) is 0 Å². The first kappa shape index (κ1) is 12.3. The van der Waals surface area contributed by atoms with Gasteiger partial charge in [-0.2, -0.15) is 0 Å². The third-order valence-electron chi connectivity index (χ3n) is 2.01. The van der Waals surface area contributed by atoms with E-state index >= 15 is 0 Å². The molecule has 0 aromatic carbocycles. The molecular weight excluding hydrogens is 174 g/mol. The average Bonchev–Trinajstić information content (AvgIpc) is 2.05. The van der Waals surface area contributed by atoms with Gasteiger partial charge >= 0.3 is 0 Å². The Labute approximate surface area is 77.5 Å². The van der Waals surface area contributed by atoms with Crippen molar-refractivity contribution in [1.29, 1.82) is 0 Å². The lowest BCUT2D eigenvalue weighted by Gasteiger charge is -2.13. The molecule has 0 bridgehead atoms. The molecule has 5 heteroatoms. The number of aliphatic hydroxyl groups excluding tert-OH is 2. The number of hydrogen-bond acceptors (Lipinski definition) is 4. The Morgan fingerprint density at radius 3 is 2.46 bits per heavy atom. The van der Waals surface area contributed by atoms with Gasteiger partial charge in [0.15, 0.2) is 0 Å². The second-order valence-electron chi connectivity index (χ2n) is 3.10. The van der Waals surface area contributed by atoms with Gasteiger partial charge in [-0.25, -0.2) is 0 Å². The van der Waals surface area contributed by atoms with Crippen LogP contribution in [0.4, 0.5) is 0 Å². The summed E-state index contributed by atoms with van der Waals surface area (Å²) in [5.74, 6) is 0. The Morgan fingerprint density at radius 1 is 1.46 bits per heavy atom. The molecule has 0 unspecified atom stereocenters. The van der Waals surface area contributed by atoms with Gasteiger partial charge in [-0.15, -0.1) is 0 Å². The summed E-state index contributed by atoms with van der Waals surface area (Å²) < 4.78 is 0. The summed E-state index contributed by atoms with van der Waals surface area (Å²) >= 11 is 0. The molecule has 0 rings (SSSR count). The van der Waals surface area contributed by atoms with Crippen LogP contribution in [0.5, 0.6) is 0 Å². The lowest BCUT2D eigenvalue weighted by atomic mass is 10.1. The summed E-state index contributed by atoms with van der Waals surface area (Å²) in [6.45, 7) is 1.42. The molecule has 2 atom stereocenters. The summed E-state index contributed by atoms with van der Waals surface area (Å²) in [5, 5.41) is 28.2. The highest BCUT2D eigenvalue weighted by molar-refractivity contribution is 4.66. The molecule has 0 aromatic rings. The van der Waals surface area contributed by atoms with Crippen LogP contribution >= 0.6 is 0 Å². The van der Waals surface area contributed by atoms with Crippen LogP contribution in [0, 0.1) is 10.1 Å². The number of nitrogens with zero attached hydrogens (tertiary/aromatic N) is 1. The minimum atomic E-state index is -1.23. The summed E-state index contributed by atoms with van der Waals surface area (Å²) in [7, 11) is 0. The smallest absolute Gasteiger partial charge is 0.261 e. The van der Waals surface area contributed by atoms with E-state index in [1.165, 1.54) is 0 Å². The largest absolute Gasteiger partial charge is 0.389 e. The molecule has 13 heavy (non-hydrogen) atoms. The maximum Gasteiger partial charge on any atom is 0.261 e. The van der Waals surface area contributed by atoms with Crippen molar-refractivity contribution in [2.24, 2.45) is 0 Å². The second kappa shape index (κ2) is 6.80. The molecule has 0 heterocycles. The van der Waals surface area contributed by atoms with Gasteiger partial charge in [0.25, 0.3) is 6.04 Å². The van der Waals surface area contributed by atoms with E-state index in [1.807, 2.05) is 6.92 Å². The maximum atomic E-state index is 10.3. The SMILES string of the molecule is CCCCC[C@@H](O)[C@H](CO)[N+](=O)[O-]. The standard InChI is InChI=1S/C8H17NO4/c1-2-3-4-5-8(11)7(6-10)9(12)13/h7-8,10-11H,2-6H2,1H3/t7-,8+/m0/s1. The topological polar surface area (TPSA) is 83.6 Å². The zero-order valence-corrected chi connectivity index (χ0v) is 7.85. The van der Waals surface area contributed by atoms with Crippen LogP contribution in [-0.4, -0.2) is 33.9 Å². The van der Waals surface area contributed by atoms with Crippen molar-refractivity contribution < 1.29 is 15.1 Å². The van der Waals surface area contributed by atoms with E-state index in [1.54, 1.807) is 0 Å². The Hall–Kier alpha value is -0.680. The Balaban J connectivity index is 3.77. The summed E-state index contributed by atoms with van der Waals surface area (Å²) in [6.07, 6.45) is 2.09. The lowest BCUT2D eigenvalue weighted by Crippen LogP contribution is -2.36. The molecule has 0 amide bonds. The molecule has 0 aromatic heterocycles. The summed E-state index contributed by atoms with van der Waals surface area (Å²) in [4.78, 5) is 9.66. The molecule has 0 saturated carbocycles. The molecule has 78 valence electrons. The highest BCUT2D eigenvalue weighted by Crippen LogP contribution is 2.08. The Morgan fingerprint density at radius 2 is 2.08 bits per heavy atom. The third kappa shape index (κ3) is 4.80. The van der Waals surface area contributed by atoms with Crippen LogP contribution < -0.4 is 0 Å². The van der Waals surface area contributed by atoms with Crippen LogP contribution in [0.15, 0.2) is 0 Å². The van der Waals surface area contributed by atoms with E-state index in [4.69, 9.17) is 5.11 Å². The zero-order valence-electron chi connectivity index (χ0n) is 7.85. The number of hydrogen-bond donors (Lipinski definition) is 2. The highest BCUT2D eigenvalue weighted by atomic mass is 16.6. The van der Waals surface area contributed by atoms with E-state index in [0.29, 0.717) is 6.42 Å². The zero-order chi connectivity index (χ0) is 10.3. The minimum absolute atomic E-state index is 0.389. The van der Waals surface area contributed by atoms with Crippen molar-refractivity contribution in [2.45, 2.75) is 44.8 Å². The fourth-order valence-electron chi connectivity index (χ4n) is 1.12. The molecule has 0 radical (unpaired) electrons. The van der Waals surface area contributed by atoms with Crippen molar-refractivity contribution in [3.8, 4) is 0 Å². The van der Waals surface area contributed by atoms with E-state index in [-0.39, 0.29) is 0 Å². The number of nitro groups is 1. The molecule has 0 saturated heterocycles. The fraction of sp³-hybridized carbons (Fsp3) is 1.00. The third-order valence-corrected chi connectivity index (χ3v) is 2.01. The normalized spacial score (nSPS) is 15.3. The van der Waals surface area contributed by atoms with Gasteiger partial charge in [-0.1, -0.05) is 26.2 Å². The van der Waals surface area contributed by atoms with Gasteiger partial charge in [-0.3, -0.25) is 10.1 Å². The number of aliphatic hydroxyl groups is 2. The Bertz CT molecular complexity index is 151. The van der Waals surface area contributed by atoms with Crippen LogP contribution in [0.2, 0.25) is 0 Å². The highest BCUT2D eigenvalue weighted by Gasteiger charge is 2.27. The van der Waals surface area contributed by atoms with Gasteiger partial charge in [0.05, 0.1) is 0 Å². The van der Waals surface area contributed by atoms with E-state index in [0.717, 1.165) is 19.3 Å². The molecular formula is C8H17NO4. The second-order valence-corrected chi connectivity index (χ2v) is 3.10. The van der Waals surface area contributed by atoms with E-state index < -0.39 is 23.7 Å². The molecule has 0 fully saturated rings. The van der Waals surface area contributed by atoms with Gasteiger partial charge < -0.3 is 10.2 Å². The van der Waals surface area contributed by atoms with Crippen LogP contribution in [0.3, 0.4) is 0 Å². The molecule has 5 nitrogen and oxygen atoms in total. The van der Waals surface area contributed by atoms with Crippen molar-refractivity contribution >= 4 is 0 Å². The molecule has 0 aliphatic rings. The number of unbranched alkanes of at least 4 members (excludes halogenated alkanes) is 2. The van der Waals surface area contributed by atoms with E-state index in [2.05, 4.69) is 0 Å². The molecule has 0 spiro atoms. The van der Waals surface area contributed by atoms with Crippen molar-refractivity contribution in [3.63, 3.8) is 0 Å². The van der Waals surface area contributed by atoms with Crippen molar-refractivity contribution in [1.82, 2.24) is 0 Å². The molecule has 2 N–H and O–H groups in total. The van der Waals surface area contributed by atoms with Gasteiger partial charge in [-0.05, 0) is 6.42 Å². The summed E-state index contributed by atoms with van der Waals surface area (Å²) in [6, 6.07) is -1.23. The van der Waals surface area contributed by atoms with Gasteiger partial charge in [0, 0.05) is 4.92 Å². The fourth-order valence-corrected chi connectivity index (χ4v) is 1.12. The average molecular weight is 191 g/mol. The predicted molar refractivity (Wildman–Crippen MR) is 48.0 cm³/mol. The first-order valence-corrected chi connectivity index (χ1v) is 4.55. The van der Waals surface area contributed by atoms with Crippen LogP contribution in [-0.2, 0) is 0 Å². The molecule has 0 aliphatic heterocycles. The summed E-state index contributed by atoms with van der Waals surface area (Å²) in [5.41, 5.74) is 0. The van der Waals surface area contributed by atoms with E-state index in [9.17, 15) is 15.2 Å². The molecule has 0 aliphatic carbocycles. The maximum absolute atomic E-state index is 10.3.